The molecule has 0 saturated heterocycles. The van der Waals surface area contributed by atoms with Gasteiger partial charge in [0.2, 0.25) is 0 Å². The van der Waals surface area contributed by atoms with E-state index in [9.17, 15) is 22.8 Å². The van der Waals surface area contributed by atoms with E-state index in [4.69, 9.17) is 10.8 Å². The first kappa shape index (κ1) is 16.0. The van der Waals surface area contributed by atoms with Crippen molar-refractivity contribution < 1.29 is 27.9 Å². The maximum Gasteiger partial charge on any atom is 0.415 e. The number of nitrogens with two attached hydrogens (primary N) is 1. The van der Waals surface area contributed by atoms with Gasteiger partial charge in [0.15, 0.2) is 5.54 Å². The van der Waals surface area contributed by atoms with Gasteiger partial charge in [-0.3, -0.25) is 9.59 Å². The summed E-state index contributed by atoms with van der Waals surface area (Å²) < 4.78 is 37.9. The third-order valence-corrected chi connectivity index (χ3v) is 2.67. The van der Waals surface area contributed by atoms with Gasteiger partial charge in [-0.1, -0.05) is 18.2 Å². The van der Waals surface area contributed by atoms with Crippen molar-refractivity contribution in [2.45, 2.75) is 25.1 Å². The Morgan fingerprint density at radius 3 is 2.35 bits per heavy atom. The van der Waals surface area contributed by atoms with Crippen LogP contribution in [0.1, 0.15) is 12.5 Å². The van der Waals surface area contributed by atoms with E-state index >= 15 is 0 Å². The fourth-order valence-electron chi connectivity index (χ4n) is 1.34. The molecule has 1 aromatic rings. The molecule has 0 fully saturated rings. The molecule has 1 aromatic carbocycles. The number of hydrogen-bond donors (Lipinski definition) is 3. The zero-order chi connectivity index (χ0) is 15.6. The number of carbonyl (C=O) groups excluding carboxylic acids is 1. The van der Waals surface area contributed by atoms with Crippen LogP contribution in [0, 0.1) is 0 Å². The summed E-state index contributed by atoms with van der Waals surface area (Å²) >= 11 is 0. The average molecular weight is 290 g/mol. The van der Waals surface area contributed by atoms with Crippen molar-refractivity contribution >= 4 is 17.6 Å². The van der Waals surface area contributed by atoms with Crippen molar-refractivity contribution in [3.05, 3.63) is 29.8 Å². The van der Waals surface area contributed by atoms with Crippen molar-refractivity contribution in [1.29, 1.82) is 0 Å². The van der Waals surface area contributed by atoms with Gasteiger partial charge in [-0.2, -0.15) is 13.2 Å². The second-order valence-corrected chi connectivity index (χ2v) is 4.38. The predicted molar refractivity (Wildman–Crippen MR) is 65.1 cm³/mol. The van der Waals surface area contributed by atoms with Crippen molar-refractivity contribution in [1.82, 2.24) is 0 Å². The summed E-state index contributed by atoms with van der Waals surface area (Å²) in [5, 5.41) is 10.7. The molecule has 1 unspecified atom stereocenters. The van der Waals surface area contributed by atoms with Crippen LogP contribution in [0.2, 0.25) is 0 Å². The molecule has 0 radical (unpaired) electrons. The number of aliphatic carboxylic acids is 1. The Bertz CT molecular complexity index is 527. The van der Waals surface area contributed by atoms with Crippen LogP contribution in [0.25, 0.3) is 0 Å². The standard InChI is InChI=1S/C12H13F3N2O3/c1-11(16,12(13,14)15)10(20)17-8-5-3-2-4-7(8)6-9(18)19/h2-5H,6,16H2,1H3,(H,17,20)(H,18,19). The van der Waals surface area contributed by atoms with Gasteiger partial charge >= 0.3 is 12.1 Å². The lowest BCUT2D eigenvalue weighted by Gasteiger charge is -2.26. The van der Waals surface area contributed by atoms with Crippen LogP contribution in [0.15, 0.2) is 24.3 Å². The summed E-state index contributed by atoms with van der Waals surface area (Å²) in [6, 6.07) is 5.68. The summed E-state index contributed by atoms with van der Waals surface area (Å²) in [7, 11) is 0. The highest BCUT2D eigenvalue weighted by atomic mass is 19.4. The highest BCUT2D eigenvalue weighted by Gasteiger charge is 2.54. The van der Waals surface area contributed by atoms with Crippen LogP contribution in [0.3, 0.4) is 0 Å². The third kappa shape index (κ3) is 3.47. The number of amides is 1. The fraction of sp³-hybridized carbons (Fsp3) is 0.333. The number of benzene rings is 1. The van der Waals surface area contributed by atoms with E-state index < -0.39 is 30.0 Å². The lowest BCUT2D eigenvalue weighted by Crippen LogP contribution is -2.59. The van der Waals surface area contributed by atoms with Crippen LogP contribution in [0.5, 0.6) is 0 Å². The highest BCUT2D eigenvalue weighted by Crippen LogP contribution is 2.29. The first-order chi connectivity index (χ1) is 9.05. The first-order valence-corrected chi connectivity index (χ1v) is 5.52. The summed E-state index contributed by atoms with van der Waals surface area (Å²) in [5.41, 5.74) is 2.09. The Hall–Kier alpha value is -2.09. The van der Waals surface area contributed by atoms with E-state index in [1.54, 1.807) is 0 Å². The molecule has 0 aromatic heterocycles. The zero-order valence-corrected chi connectivity index (χ0v) is 10.5. The molecule has 110 valence electrons. The number of hydrogen-bond acceptors (Lipinski definition) is 3. The summed E-state index contributed by atoms with van der Waals surface area (Å²) in [6.45, 7) is 0.544. The molecule has 1 atom stereocenters. The van der Waals surface area contributed by atoms with Gasteiger partial charge < -0.3 is 16.2 Å². The molecule has 1 rings (SSSR count). The quantitative estimate of drug-likeness (QED) is 0.784. The topological polar surface area (TPSA) is 92.4 Å². The molecule has 0 aliphatic heterocycles. The SMILES string of the molecule is CC(N)(C(=O)Nc1ccccc1CC(=O)O)C(F)(F)F. The second kappa shape index (κ2) is 5.49. The van der Waals surface area contributed by atoms with Crippen molar-refractivity contribution in [2.75, 3.05) is 5.32 Å². The molecule has 0 spiro atoms. The normalized spacial score (nSPS) is 14.4. The Labute approximate surface area is 112 Å². The van der Waals surface area contributed by atoms with E-state index in [2.05, 4.69) is 0 Å². The van der Waals surface area contributed by atoms with Gasteiger partial charge in [-0.15, -0.1) is 0 Å². The number of anilines is 1. The molecule has 0 bridgehead atoms. The largest absolute Gasteiger partial charge is 0.481 e. The lowest BCUT2D eigenvalue weighted by atomic mass is 10.0. The summed E-state index contributed by atoms with van der Waals surface area (Å²) in [6.07, 6.45) is -5.34. The maximum atomic E-state index is 12.6. The van der Waals surface area contributed by atoms with Gasteiger partial charge in [0, 0.05) is 5.69 Å². The number of carboxylic acids is 1. The van der Waals surface area contributed by atoms with Crippen molar-refractivity contribution in [3.63, 3.8) is 0 Å². The monoisotopic (exact) mass is 290 g/mol. The Morgan fingerprint density at radius 2 is 1.85 bits per heavy atom. The number of carbonyl (C=O) groups is 2. The van der Waals surface area contributed by atoms with E-state index in [-0.39, 0.29) is 11.3 Å². The van der Waals surface area contributed by atoms with Gasteiger partial charge in [-0.25, -0.2) is 0 Å². The molecule has 0 heterocycles. The Kier molecular flexibility index (Phi) is 4.39. The number of alkyl halides is 3. The molecule has 8 heteroatoms. The van der Waals surface area contributed by atoms with Crippen molar-refractivity contribution in [2.24, 2.45) is 5.73 Å². The van der Waals surface area contributed by atoms with Gasteiger partial charge in [0.25, 0.3) is 5.91 Å². The molecule has 0 saturated carbocycles. The van der Waals surface area contributed by atoms with Crippen LogP contribution in [0.4, 0.5) is 18.9 Å². The predicted octanol–water partition coefficient (Wildman–Crippen LogP) is 1.53. The molecule has 1 amide bonds. The maximum absolute atomic E-state index is 12.6. The zero-order valence-electron chi connectivity index (χ0n) is 10.5. The molecule has 5 nitrogen and oxygen atoms in total. The van der Waals surface area contributed by atoms with Gasteiger partial charge in [0.1, 0.15) is 0 Å². The number of para-hydroxylation sites is 1. The molecule has 0 aliphatic rings. The first-order valence-electron chi connectivity index (χ1n) is 5.52. The van der Waals surface area contributed by atoms with Crippen LogP contribution in [-0.4, -0.2) is 28.7 Å². The molecular formula is C12H13F3N2O3. The van der Waals surface area contributed by atoms with Gasteiger partial charge in [0.05, 0.1) is 6.42 Å². The fourth-order valence-corrected chi connectivity index (χ4v) is 1.34. The van der Waals surface area contributed by atoms with Crippen LogP contribution in [-0.2, 0) is 16.0 Å². The average Bonchev–Trinajstić information content (AvgIpc) is 2.29. The molecule has 20 heavy (non-hydrogen) atoms. The lowest BCUT2D eigenvalue weighted by molar-refractivity contribution is -0.184. The Morgan fingerprint density at radius 1 is 1.30 bits per heavy atom. The summed E-state index contributed by atoms with van der Waals surface area (Å²) in [5.74, 6) is -2.62. The molecule has 4 N–H and O–H groups in total. The molecular weight excluding hydrogens is 277 g/mol. The van der Waals surface area contributed by atoms with E-state index in [0.29, 0.717) is 6.92 Å². The number of carboxylic acid groups (broad SMARTS) is 1. The minimum absolute atomic E-state index is 0.0131. The molecule has 0 aliphatic carbocycles. The second-order valence-electron chi connectivity index (χ2n) is 4.38. The number of nitrogens with one attached hydrogen (secondary N) is 1. The Balaban J connectivity index is 3.00. The highest BCUT2D eigenvalue weighted by molar-refractivity contribution is 5.99. The smallest absolute Gasteiger partial charge is 0.415 e. The van der Waals surface area contributed by atoms with E-state index in [0.717, 1.165) is 0 Å². The minimum atomic E-state index is -4.92. The number of halogens is 3. The van der Waals surface area contributed by atoms with E-state index in [1.807, 2.05) is 5.32 Å². The van der Waals surface area contributed by atoms with Gasteiger partial charge in [-0.05, 0) is 18.6 Å². The summed E-state index contributed by atoms with van der Waals surface area (Å²) in [4.78, 5) is 22.3. The third-order valence-electron chi connectivity index (χ3n) is 2.67. The van der Waals surface area contributed by atoms with E-state index in [1.165, 1.54) is 24.3 Å². The van der Waals surface area contributed by atoms with Crippen LogP contribution >= 0.6 is 0 Å². The minimum Gasteiger partial charge on any atom is -0.481 e. The van der Waals surface area contributed by atoms with Crippen LogP contribution < -0.4 is 11.1 Å². The number of rotatable bonds is 4. The van der Waals surface area contributed by atoms with Crippen molar-refractivity contribution in [3.8, 4) is 0 Å².